The van der Waals surface area contributed by atoms with E-state index in [0.29, 0.717) is 29.3 Å². The van der Waals surface area contributed by atoms with E-state index in [4.69, 9.17) is 9.47 Å². The first-order valence-corrected chi connectivity index (χ1v) is 10.8. The second-order valence-electron chi connectivity index (χ2n) is 7.06. The maximum atomic E-state index is 5.43. The molecule has 0 bridgehead atoms. The lowest BCUT2D eigenvalue weighted by atomic mass is 10.2. The molecule has 0 saturated carbocycles. The fourth-order valence-electron chi connectivity index (χ4n) is 3.37. The van der Waals surface area contributed by atoms with Gasteiger partial charge in [0.15, 0.2) is 11.5 Å². The van der Waals surface area contributed by atoms with E-state index in [-0.39, 0.29) is 6.79 Å². The Hall–Kier alpha value is -3.40. The lowest BCUT2D eigenvalue weighted by Gasteiger charge is -2.16. The number of hydrogen-bond donors (Lipinski definition) is 2. The number of halogens is 1. The molecule has 0 radical (unpaired) electrons. The molecule has 1 aromatic heterocycles. The molecule has 2 aliphatic heterocycles. The van der Waals surface area contributed by atoms with Crippen molar-refractivity contribution in [3.63, 3.8) is 0 Å². The summed E-state index contributed by atoms with van der Waals surface area (Å²) in [7, 11) is 0. The number of ether oxygens (including phenoxy) is 2. The van der Waals surface area contributed by atoms with E-state index in [1.165, 1.54) is 0 Å². The summed E-state index contributed by atoms with van der Waals surface area (Å²) >= 11 is 3.53. The molecule has 3 heterocycles. The lowest BCUT2D eigenvalue weighted by molar-refractivity contribution is 0.174. The summed E-state index contributed by atoms with van der Waals surface area (Å²) in [5.41, 5.74) is 4.67. The molecule has 1 saturated heterocycles. The number of aromatic nitrogens is 3. The van der Waals surface area contributed by atoms with Gasteiger partial charge in [0.1, 0.15) is 0 Å². The van der Waals surface area contributed by atoms with Crippen LogP contribution < -0.4 is 25.1 Å². The number of nitrogens with one attached hydrogen (secondary N) is 2. The molecule has 10 heteroatoms. The van der Waals surface area contributed by atoms with Crippen LogP contribution in [0.1, 0.15) is 18.4 Å². The van der Waals surface area contributed by atoms with Crippen LogP contribution in [0.3, 0.4) is 0 Å². The summed E-state index contributed by atoms with van der Waals surface area (Å²) in [6.07, 6.45) is 3.94. The van der Waals surface area contributed by atoms with Gasteiger partial charge in [-0.25, -0.2) is 5.43 Å². The molecule has 0 amide bonds. The average Bonchev–Trinajstić information content (AvgIpc) is 3.46. The van der Waals surface area contributed by atoms with Gasteiger partial charge in [-0.2, -0.15) is 20.1 Å². The van der Waals surface area contributed by atoms with Crippen LogP contribution in [0.15, 0.2) is 52.0 Å². The Morgan fingerprint density at radius 3 is 2.52 bits per heavy atom. The van der Waals surface area contributed by atoms with Gasteiger partial charge in [0.2, 0.25) is 24.6 Å². The first-order chi connectivity index (χ1) is 15.2. The third-order valence-electron chi connectivity index (χ3n) is 4.90. The summed E-state index contributed by atoms with van der Waals surface area (Å²) in [6.45, 7) is 2.09. The van der Waals surface area contributed by atoms with E-state index in [1.54, 1.807) is 6.21 Å². The molecule has 2 N–H and O–H groups in total. The average molecular weight is 482 g/mol. The maximum Gasteiger partial charge on any atom is 0.250 e. The largest absolute Gasteiger partial charge is 0.454 e. The first kappa shape index (κ1) is 19.6. The van der Waals surface area contributed by atoms with Gasteiger partial charge >= 0.3 is 0 Å². The number of rotatable bonds is 6. The fourth-order valence-corrected chi connectivity index (χ4v) is 3.80. The van der Waals surface area contributed by atoms with Crippen molar-refractivity contribution in [3.8, 4) is 11.5 Å². The first-order valence-electron chi connectivity index (χ1n) is 9.96. The minimum Gasteiger partial charge on any atom is -0.454 e. The Balaban J connectivity index is 1.38. The van der Waals surface area contributed by atoms with Gasteiger partial charge in [0, 0.05) is 28.8 Å². The van der Waals surface area contributed by atoms with Gasteiger partial charge in [-0.15, -0.1) is 0 Å². The predicted octanol–water partition coefficient (Wildman–Crippen LogP) is 4.15. The lowest BCUT2D eigenvalue weighted by Crippen LogP contribution is -2.21. The second-order valence-corrected chi connectivity index (χ2v) is 7.92. The molecule has 2 aromatic carbocycles. The number of hydrogen-bond acceptors (Lipinski definition) is 9. The van der Waals surface area contributed by atoms with E-state index in [9.17, 15) is 0 Å². The number of hydrazone groups is 1. The highest BCUT2D eigenvalue weighted by Crippen LogP contribution is 2.36. The molecular weight excluding hydrogens is 462 g/mol. The van der Waals surface area contributed by atoms with E-state index < -0.39 is 0 Å². The van der Waals surface area contributed by atoms with Gasteiger partial charge in [-0.05, 0) is 53.0 Å². The summed E-state index contributed by atoms with van der Waals surface area (Å²) in [5.74, 6) is 2.86. The van der Waals surface area contributed by atoms with Crippen molar-refractivity contribution in [1.29, 1.82) is 0 Å². The van der Waals surface area contributed by atoms with Crippen LogP contribution >= 0.6 is 15.9 Å². The maximum absolute atomic E-state index is 5.43. The summed E-state index contributed by atoms with van der Waals surface area (Å²) in [5, 5.41) is 7.55. The zero-order valence-electron chi connectivity index (χ0n) is 16.6. The minimum absolute atomic E-state index is 0.224. The van der Waals surface area contributed by atoms with Gasteiger partial charge in [0.05, 0.1) is 6.21 Å². The monoisotopic (exact) mass is 481 g/mol. The second kappa shape index (κ2) is 8.76. The zero-order valence-corrected chi connectivity index (χ0v) is 18.2. The van der Waals surface area contributed by atoms with Crippen LogP contribution in [0, 0.1) is 0 Å². The highest BCUT2D eigenvalue weighted by atomic mass is 79.9. The number of benzene rings is 2. The van der Waals surface area contributed by atoms with Crippen molar-refractivity contribution in [2.24, 2.45) is 5.10 Å². The van der Waals surface area contributed by atoms with Gasteiger partial charge in [-0.3, -0.25) is 0 Å². The van der Waals surface area contributed by atoms with E-state index in [1.807, 2.05) is 42.5 Å². The normalized spacial score (nSPS) is 14.9. The smallest absolute Gasteiger partial charge is 0.250 e. The Morgan fingerprint density at radius 1 is 0.968 bits per heavy atom. The minimum atomic E-state index is 0.224. The number of fused-ring (bicyclic) bond motifs is 1. The van der Waals surface area contributed by atoms with Crippen LogP contribution in [-0.2, 0) is 0 Å². The number of nitrogens with zero attached hydrogens (tertiary/aromatic N) is 5. The molecule has 158 valence electrons. The van der Waals surface area contributed by atoms with Crippen molar-refractivity contribution >= 4 is 45.7 Å². The Kier molecular flexibility index (Phi) is 5.53. The van der Waals surface area contributed by atoms with E-state index in [2.05, 4.69) is 51.6 Å². The molecule has 0 unspecified atom stereocenters. The van der Waals surface area contributed by atoms with Crippen molar-refractivity contribution < 1.29 is 9.47 Å². The standard InChI is InChI=1S/C21H20BrN7O2/c22-16-11-18-17(30-13-31-18)10-14(16)12-23-28-20-25-19(24-15-6-2-1-3-7-15)26-21(27-20)29-8-4-5-9-29/h1-3,6-7,10-12H,4-5,8-9,13H2,(H2,24,25,26,27,28)/b23-12+. The summed E-state index contributed by atoms with van der Waals surface area (Å²) in [4.78, 5) is 15.8. The van der Waals surface area contributed by atoms with Crippen LogP contribution in [-0.4, -0.2) is 41.0 Å². The van der Waals surface area contributed by atoms with Crippen molar-refractivity contribution in [2.75, 3.05) is 35.5 Å². The number of para-hydroxylation sites is 1. The molecular formula is C21H20BrN7O2. The quantitative estimate of drug-likeness (QED) is 0.400. The molecule has 0 spiro atoms. The van der Waals surface area contributed by atoms with Crippen molar-refractivity contribution in [1.82, 2.24) is 15.0 Å². The Bertz CT molecular complexity index is 1100. The Labute approximate surface area is 187 Å². The molecule has 0 aliphatic carbocycles. The Morgan fingerprint density at radius 2 is 1.71 bits per heavy atom. The molecule has 1 fully saturated rings. The van der Waals surface area contributed by atoms with Crippen LogP contribution in [0.2, 0.25) is 0 Å². The highest BCUT2D eigenvalue weighted by molar-refractivity contribution is 9.10. The third-order valence-corrected chi connectivity index (χ3v) is 5.59. The van der Waals surface area contributed by atoms with Crippen molar-refractivity contribution in [3.05, 3.63) is 52.5 Å². The van der Waals surface area contributed by atoms with Gasteiger partial charge in [-0.1, -0.05) is 18.2 Å². The highest BCUT2D eigenvalue weighted by Gasteiger charge is 2.18. The van der Waals surface area contributed by atoms with Crippen LogP contribution in [0.5, 0.6) is 11.5 Å². The fraction of sp³-hybridized carbons (Fsp3) is 0.238. The SMILES string of the molecule is Brc1cc2c(cc1/C=N/Nc1nc(Nc3ccccc3)nc(N3CCCC3)n1)OCO2. The van der Waals surface area contributed by atoms with E-state index in [0.717, 1.165) is 41.7 Å². The van der Waals surface area contributed by atoms with Crippen LogP contribution in [0.25, 0.3) is 0 Å². The zero-order chi connectivity index (χ0) is 21.0. The third kappa shape index (κ3) is 4.53. The molecule has 31 heavy (non-hydrogen) atoms. The van der Waals surface area contributed by atoms with Crippen molar-refractivity contribution in [2.45, 2.75) is 12.8 Å². The summed E-state index contributed by atoms with van der Waals surface area (Å²) < 4.78 is 11.7. The molecule has 9 nitrogen and oxygen atoms in total. The van der Waals surface area contributed by atoms with Gasteiger partial charge < -0.3 is 19.7 Å². The summed E-state index contributed by atoms with van der Waals surface area (Å²) in [6, 6.07) is 13.5. The van der Waals surface area contributed by atoms with E-state index >= 15 is 0 Å². The molecule has 5 rings (SSSR count). The molecule has 3 aromatic rings. The molecule has 0 atom stereocenters. The number of anilines is 4. The molecule has 2 aliphatic rings. The van der Waals surface area contributed by atoms with Gasteiger partial charge in [0.25, 0.3) is 0 Å². The van der Waals surface area contributed by atoms with Crippen LogP contribution in [0.4, 0.5) is 23.5 Å². The topological polar surface area (TPSA) is 96.8 Å². The predicted molar refractivity (Wildman–Crippen MR) is 122 cm³/mol.